The van der Waals surface area contributed by atoms with Crippen LogP contribution in [0.4, 0.5) is 17.2 Å². The molecule has 0 unspecified atom stereocenters. The van der Waals surface area contributed by atoms with Crippen LogP contribution in [0.5, 0.6) is 0 Å². The molecule has 3 nitrogen and oxygen atoms in total. The van der Waals surface area contributed by atoms with Gasteiger partial charge in [0.2, 0.25) is 0 Å². The Morgan fingerprint density at radius 3 is 2.32 bits per heavy atom. The van der Waals surface area contributed by atoms with E-state index in [1.54, 1.807) is 0 Å². The zero-order valence-electron chi connectivity index (χ0n) is 14.7. The van der Waals surface area contributed by atoms with Crippen molar-refractivity contribution >= 4 is 24.2 Å². The predicted octanol–water partition coefficient (Wildman–Crippen LogP) is 4.33. The molecule has 3 rings (SSSR count). The number of hydrogen-bond donors (Lipinski definition) is 0. The van der Waals surface area contributed by atoms with Crippen molar-refractivity contribution in [1.29, 1.82) is 0 Å². The van der Waals surface area contributed by atoms with Crippen LogP contribution in [0.15, 0.2) is 18.3 Å². The van der Waals surface area contributed by atoms with Crippen molar-refractivity contribution in [2.45, 2.75) is 41.4 Å². The van der Waals surface area contributed by atoms with E-state index >= 15 is 0 Å². The molecule has 0 spiro atoms. The van der Waals surface area contributed by atoms with E-state index in [4.69, 9.17) is 4.98 Å². The van der Waals surface area contributed by atoms with Gasteiger partial charge < -0.3 is 9.62 Å². The van der Waals surface area contributed by atoms with Crippen LogP contribution in [0.2, 0.25) is 6.82 Å². The summed E-state index contributed by atoms with van der Waals surface area (Å²) in [5, 5.41) is 0. The minimum atomic E-state index is 0.267. The van der Waals surface area contributed by atoms with Crippen molar-refractivity contribution in [2.75, 3.05) is 16.7 Å². The number of rotatable bonds is 1. The highest BCUT2D eigenvalue weighted by Crippen LogP contribution is 2.44. The van der Waals surface area contributed by atoms with E-state index in [-0.39, 0.29) is 6.98 Å². The van der Waals surface area contributed by atoms with Crippen molar-refractivity contribution in [3.63, 3.8) is 0 Å². The smallest absolute Gasteiger partial charge is 0.377 e. The van der Waals surface area contributed by atoms with E-state index in [9.17, 15) is 0 Å². The number of fused-ring (bicyclic) bond motifs is 1. The van der Waals surface area contributed by atoms with Crippen LogP contribution in [0, 0.1) is 34.6 Å². The maximum absolute atomic E-state index is 4.76. The van der Waals surface area contributed by atoms with Crippen molar-refractivity contribution < 1.29 is 0 Å². The Labute approximate surface area is 134 Å². The second-order valence-electron chi connectivity index (χ2n) is 6.58. The fourth-order valence-electron chi connectivity index (χ4n) is 3.39. The molecule has 0 saturated heterocycles. The number of pyridine rings is 1. The number of anilines is 3. The average molecular weight is 293 g/mol. The lowest BCUT2D eigenvalue weighted by Crippen LogP contribution is -2.41. The molecule has 1 aromatic heterocycles. The molecule has 22 heavy (non-hydrogen) atoms. The normalized spacial score (nSPS) is 13.9. The zero-order chi connectivity index (χ0) is 16.2. The Hall–Kier alpha value is -1.97. The van der Waals surface area contributed by atoms with Gasteiger partial charge in [0.15, 0.2) is 0 Å². The van der Waals surface area contributed by atoms with Crippen molar-refractivity contribution in [2.24, 2.45) is 0 Å². The van der Waals surface area contributed by atoms with E-state index in [0.717, 1.165) is 5.82 Å². The Balaban J connectivity index is 2.25. The van der Waals surface area contributed by atoms with Gasteiger partial charge in [-0.1, -0.05) is 6.07 Å². The van der Waals surface area contributed by atoms with Gasteiger partial charge in [0, 0.05) is 11.9 Å². The van der Waals surface area contributed by atoms with E-state index in [1.807, 2.05) is 6.20 Å². The molecule has 0 atom stereocenters. The van der Waals surface area contributed by atoms with Gasteiger partial charge in [-0.2, -0.15) is 0 Å². The first kappa shape index (κ1) is 15.0. The molecule has 0 N–H and O–H groups in total. The Kier molecular flexibility index (Phi) is 3.43. The van der Waals surface area contributed by atoms with Gasteiger partial charge >= 0.3 is 6.98 Å². The summed E-state index contributed by atoms with van der Waals surface area (Å²) in [5.74, 6) is 1.08. The number of benzene rings is 1. The summed E-state index contributed by atoms with van der Waals surface area (Å²) in [6.45, 7) is 13.4. The largest absolute Gasteiger partial charge is 0.396 e. The van der Waals surface area contributed by atoms with E-state index in [1.165, 1.54) is 39.2 Å². The molecule has 0 aliphatic carbocycles. The highest BCUT2D eigenvalue weighted by Gasteiger charge is 2.38. The van der Waals surface area contributed by atoms with Gasteiger partial charge in [-0.25, -0.2) is 4.98 Å². The van der Waals surface area contributed by atoms with Crippen LogP contribution in [0.3, 0.4) is 0 Å². The summed E-state index contributed by atoms with van der Waals surface area (Å²) in [7, 11) is 2.16. The lowest BCUT2D eigenvalue weighted by Gasteiger charge is -2.26. The van der Waals surface area contributed by atoms with E-state index < -0.39 is 0 Å². The molecule has 2 heterocycles. The van der Waals surface area contributed by atoms with Gasteiger partial charge in [0.25, 0.3) is 0 Å². The maximum atomic E-state index is 4.76. The summed E-state index contributed by atoms with van der Waals surface area (Å²) in [5.41, 5.74) is 9.06. The molecular formula is C18H24BN3. The van der Waals surface area contributed by atoms with Gasteiger partial charge in [-0.15, -0.1) is 0 Å². The Morgan fingerprint density at radius 1 is 0.955 bits per heavy atom. The zero-order valence-corrected chi connectivity index (χ0v) is 14.7. The van der Waals surface area contributed by atoms with Gasteiger partial charge in [-0.05, 0) is 82.4 Å². The molecular weight excluding hydrogens is 269 g/mol. The van der Waals surface area contributed by atoms with Crippen molar-refractivity contribution in [3.8, 4) is 0 Å². The molecule has 0 radical (unpaired) electrons. The molecule has 4 heteroatoms. The second kappa shape index (κ2) is 5.04. The van der Waals surface area contributed by atoms with Gasteiger partial charge in [-0.3, -0.25) is 0 Å². The summed E-state index contributed by atoms with van der Waals surface area (Å²) in [4.78, 5) is 9.47. The SMILES string of the molecule is CB1N(C)c2c(ncc(C)c2C)N1c1cc(C)cc(C)c1C. The summed E-state index contributed by atoms with van der Waals surface area (Å²) in [6, 6.07) is 4.52. The molecule has 0 bridgehead atoms. The highest BCUT2D eigenvalue weighted by atomic mass is 15.3. The first-order chi connectivity index (χ1) is 10.3. The Morgan fingerprint density at radius 2 is 1.64 bits per heavy atom. The van der Waals surface area contributed by atoms with Crippen LogP contribution in [0.1, 0.15) is 27.8 Å². The van der Waals surface area contributed by atoms with Crippen LogP contribution >= 0.6 is 0 Å². The molecule has 1 aliphatic heterocycles. The summed E-state index contributed by atoms with van der Waals surface area (Å²) >= 11 is 0. The van der Waals surface area contributed by atoms with Crippen LogP contribution in [-0.4, -0.2) is 19.0 Å². The number of aryl methyl sites for hydroxylation is 3. The Bertz CT molecular complexity index is 754. The fourth-order valence-corrected chi connectivity index (χ4v) is 3.39. The fraction of sp³-hybridized carbons (Fsp3) is 0.389. The van der Waals surface area contributed by atoms with E-state index in [2.05, 4.69) is 70.2 Å². The average Bonchev–Trinajstić information content (AvgIpc) is 2.71. The van der Waals surface area contributed by atoms with E-state index in [0.29, 0.717) is 0 Å². The predicted molar refractivity (Wildman–Crippen MR) is 96.5 cm³/mol. The van der Waals surface area contributed by atoms with Gasteiger partial charge in [0.1, 0.15) is 5.82 Å². The minimum Gasteiger partial charge on any atom is -0.396 e. The molecule has 0 amide bonds. The quantitative estimate of drug-likeness (QED) is 0.729. The summed E-state index contributed by atoms with van der Waals surface area (Å²) < 4.78 is 0. The third kappa shape index (κ3) is 2.01. The maximum Gasteiger partial charge on any atom is 0.377 e. The molecule has 1 aromatic carbocycles. The molecule has 0 fully saturated rings. The van der Waals surface area contributed by atoms with Crippen molar-refractivity contribution in [1.82, 2.24) is 4.98 Å². The lowest BCUT2D eigenvalue weighted by atomic mass is 9.76. The first-order valence-corrected chi connectivity index (χ1v) is 7.89. The lowest BCUT2D eigenvalue weighted by molar-refractivity contribution is 1.17. The van der Waals surface area contributed by atoms with Crippen molar-refractivity contribution in [3.05, 3.63) is 46.1 Å². The standard InChI is InChI=1S/C18H24BN3/c1-11-8-12(2)14(4)16(9-11)22-18-17(21(7)19(22)6)15(5)13(3)10-20-18/h8-10H,1-7H3. The number of aromatic nitrogens is 1. The highest BCUT2D eigenvalue weighted by molar-refractivity contribution is 6.70. The topological polar surface area (TPSA) is 19.4 Å². The van der Waals surface area contributed by atoms with Crippen LogP contribution < -0.4 is 9.62 Å². The number of hydrogen-bond acceptors (Lipinski definition) is 3. The minimum absolute atomic E-state index is 0.267. The second-order valence-corrected chi connectivity index (χ2v) is 6.58. The third-order valence-electron chi connectivity index (χ3n) is 5.10. The van der Waals surface area contributed by atoms with Gasteiger partial charge in [0.05, 0.1) is 5.69 Å². The van der Waals surface area contributed by atoms with Crippen LogP contribution in [0.25, 0.3) is 0 Å². The number of nitrogens with zero attached hydrogens (tertiary/aromatic N) is 3. The first-order valence-electron chi connectivity index (χ1n) is 7.89. The van der Waals surface area contributed by atoms with Crippen LogP contribution in [-0.2, 0) is 0 Å². The molecule has 0 saturated carbocycles. The molecule has 114 valence electrons. The summed E-state index contributed by atoms with van der Waals surface area (Å²) in [6.07, 6.45) is 1.99. The third-order valence-corrected chi connectivity index (χ3v) is 5.10. The molecule has 1 aliphatic rings. The molecule has 2 aromatic rings. The monoisotopic (exact) mass is 293 g/mol.